The van der Waals surface area contributed by atoms with Gasteiger partial charge >= 0.3 is 0 Å². The van der Waals surface area contributed by atoms with Crippen LogP contribution in [0.4, 0.5) is 4.39 Å². The van der Waals surface area contributed by atoms with Gasteiger partial charge in [0.2, 0.25) is 0 Å². The lowest BCUT2D eigenvalue weighted by Crippen LogP contribution is -2.20. The van der Waals surface area contributed by atoms with Gasteiger partial charge in [0.25, 0.3) is 0 Å². The Morgan fingerprint density at radius 2 is 2.27 bits per heavy atom. The van der Waals surface area contributed by atoms with Gasteiger partial charge in [-0.15, -0.1) is 0 Å². The van der Waals surface area contributed by atoms with Gasteiger partial charge in [0.15, 0.2) is 0 Å². The second-order valence-corrected chi connectivity index (χ2v) is 2.98. The van der Waals surface area contributed by atoms with E-state index in [1.165, 1.54) is 6.07 Å². The van der Waals surface area contributed by atoms with Gasteiger partial charge in [0.1, 0.15) is 5.82 Å². The summed E-state index contributed by atoms with van der Waals surface area (Å²) in [5.74, 6) is 4.80. The minimum atomic E-state index is -0.266. The van der Waals surface area contributed by atoms with Crippen LogP contribution in [0, 0.1) is 5.82 Å². The standard InChI is InChI=1S/C7H8BrFN2/c8-6-2-1-5(4-11-10)3-7(6)9/h1-3,11H,4,10H2. The van der Waals surface area contributed by atoms with Crippen LogP contribution in [0.25, 0.3) is 0 Å². The van der Waals surface area contributed by atoms with Crippen molar-refractivity contribution in [2.24, 2.45) is 5.84 Å². The van der Waals surface area contributed by atoms with Crippen LogP contribution >= 0.6 is 15.9 Å². The quantitative estimate of drug-likeness (QED) is 0.585. The van der Waals surface area contributed by atoms with Crippen LogP contribution in [-0.2, 0) is 6.54 Å². The second-order valence-electron chi connectivity index (χ2n) is 2.13. The molecule has 0 amide bonds. The van der Waals surface area contributed by atoms with Crippen LogP contribution in [0.5, 0.6) is 0 Å². The summed E-state index contributed by atoms with van der Waals surface area (Å²) in [6.07, 6.45) is 0. The Morgan fingerprint density at radius 3 is 2.82 bits per heavy atom. The third kappa shape index (κ3) is 2.25. The van der Waals surface area contributed by atoms with Crippen molar-refractivity contribution in [1.29, 1.82) is 0 Å². The monoisotopic (exact) mass is 218 g/mol. The van der Waals surface area contributed by atoms with E-state index in [1.807, 2.05) is 0 Å². The van der Waals surface area contributed by atoms with E-state index in [1.54, 1.807) is 12.1 Å². The number of halogens is 2. The van der Waals surface area contributed by atoms with Crippen LogP contribution in [0.2, 0.25) is 0 Å². The molecule has 0 saturated carbocycles. The topological polar surface area (TPSA) is 38.0 Å². The zero-order valence-electron chi connectivity index (χ0n) is 5.77. The highest BCUT2D eigenvalue weighted by atomic mass is 79.9. The molecule has 60 valence electrons. The lowest BCUT2D eigenvalue weighted by Gasteiger charge is -2.00. The highest BCUT2D eigenvalue weighted by Gasteiger charge is 1.98. The molecule has 1 aromatic rings. The summed E-state index contributed by atoms with van der Waals surface area (Å²) in [4.78, 5) is 0. The average Bonchev–Trinajstić information content (AvgIpc) is 1.98. The van der Waals surface area contributed by atoms with Crippen LogP contribution in [-0.4, -0.2) is 0 Å². The van der Waals surface area contributed by atoms with Gasteiger partial charge in [0.05, 0.1) is 4.47 Å². The van der Waals surface area contributed by atoms with Crippen molar-refractivity contribution in [1.82, 2.24) is 5.43 Å². The summed E-state index contributed by atoms with van der Waals surface area (Å²) in [5.41, 5.74) is 3.28. The summed E-state index contributed by atoms with van der Waals surface area (Å²) >= 11 is 3.05. The largest absolute Gasteiger partial charge is 0.271 e. The molecule has 11 heavy (non-hydrogen) atoms. The predicted octanol–water partition coefficient (Wildman–Crippen LogP) is 1.55. The van der Waals surface area contributed by atoms with Crippen molar-refractivity contribution >= 4 is 15.9 Å². The first-order chi connectivity index (χ1) is 5.24. The molecule has 2 nitrogen and oxygen atoms in total. The van der Waals surface area contributed by atoms with Crippen LogP contribution in [0.15, 0.2) is 22.7 Å². The minimum Gasteiger partial charge on any atom is -0.271 e. The lowest BCUT2D eigenvalue weighted by molar-refractivity contribution is 0.615. The number of rotatable bonds is 2. The third-order valence-electron chi connectivity index (χ3n) is 1.29. The van der Waals surface area contributed by atoms with E-state index in [2.05, 4.69) is 21.4 Å². The molecule has 0 aliphatic heterocycles. The summed E-state index contributed by atoms with van der Waals surface area (Å²) < 4.78 is 13.3. The molecule has 4 heteroatoms. The zero-order chi connectivity index (χ0) is 8.27. The Kier molecular flexibility index (Phi) is 2.99. The van der Waals surface area contributed by atoms with E-state index in [9.17, 15) is 4.39 Å². The molecule has 0 bridgehead atoms. The van der Waals surface area contributed by atoms with Crippen molar-refractivity contribution < 1.29 is 4.39 Å². The highest BCUT2D eigenvalue weighted by molar-refractivity contribution is 9.10. The third-order valence-corrected chi connectivity index (χ3v) is 1.93. The van der Waals surface area contributed by atoms with Gasteiger partial charge in [-0.2, -0.15) is 0 Å². The number of hydrazine groups is 1. The fourth-order valence-corrected chi connectivity index (χ4v) is 1.01. The number of hydrogen-bond acceptors (Lipinski definition) is 2. The molecular formula is C7H8BrFN2. The summed E-state index contributed by atoms with van der Waals surface area (Å²) in [6, 6.07) is 4.89. The highest BCUT2D eigenvalue weighted by Crippen LogP contribution is 2.15. The SMILES string of the molecule is NNCc1ccc(Br)c(F)c1. The smallest absolute Gasteiger partial charge is 0.137 e. The molecule has 1 rings (SSSR count). The maximum atomic E-state index is 12.8. The molecule has 0 spiro atoms. The van der Waals surface area contributed by atoms with Crippen molar-refractivity contribution in [3.8, 4) is 0 Å². The fourth-order valence-electron chi connectivity index (χ4n) is 0.767. The van der Waals surface area contributed by atoms with Gasteiger partial charge in [-0.25, -0.2) is 4.39 Å². The molecule has 0 fully saturated rings. The maximum absolute atomic E-state index is 12.8. The van der Waals surface area contributed by atoms with E-state index < -0.39 is 0 Å². The Morgan fingerprint density at radius 1 is 1.55 bits per heavy atom. The second kappa shape index (κ2) is 3.80. The van der Waals surface area contributed by atoms with Gasteiger partial charge in [-0.1, -0.05) is 6.07 Å². The fraction of sp³-hybridized carbons (Fsp3) is 0.143. The van der Waals surface area contributed by atoms with Crippen molar-refractivity contribution in [2.75, 3.05) is 0 Å². The number of nitrogens with two attached hydrogens (primary N) is 1. The van der Waals surface area contributed by atoms with E-state index in [0.29, 0.717) is 11.0 Å². The van der Waals surface area contributed by atoms with Gasteiger partial charge in [-0.05, 0) is 33.6 Å². The van der Waals surface area contributed by atoms with Crippen LogP contribution in [0.3, 0.4) is 0 Å². The Balaban J connectivity index is 2.86. The Labute approximate surface area is 72.7 Å². The van der Waals surface area contributed by atoms with E-state index in [4.69, 9.17) is 5.84 Å². The molecule has 0 radical (unpaired) electrons. The first-order valence-electron chi connectivity index (χ1n) is 3.11. The predicted molar refractivity (Wildman–Crippen MR) is 45.1 cm³/mol. The molecule has 1 aromatic carbocycles. The van der Waals surface area contributed by atoms with E-state index in [0.717, 1.165) is 5.56 Å². The van der Waals surface area contributed by atoms with Crippen molar-refractivity contribution in [3.63, 3.8) is 0 Å². The molecule has 3 N–H and O–H groups in total. The molecule has 0 heterocycles. The average molecular weight is 219 g/mol. The van der Waals surface area contributed by atoms with Crippen molar-refractivity contribution in [3.05, 3.63) is 34.1 Å². The summed E-state index contributed by atoms with van der Waals surface area (Å²) in [7, 11) is 0. The molecule has 0 saturated heterocycles. The first kappa shape index (κ1) is 8.64. The molecule has 0 aromatic heterocycles. The number of hydrogen-bond donors (Lipinski definition) is 2. The summed E-state index contributed by atoms with van der Waals surface area (Å²) in [6.45, 7) is 0.476. The summed E-state index contributed by atoms with van der Waals surface area (Å²) in [5, 5.41) is 0. The normalized spacial score (nSPS) is 10.1. The molecule has 0 aliphatic carbocycles. The molecule has 0 atom stereocenters. The van der Waals surface area contributed by atoms with Crippen LogP contribution < -0.4 is 11.3 Å². The van der Waals surface area contributed by atoms with Crippen molar-refractivity contribution in [2.45, 2.75) is 6.54 Å². The minimum absolute atomic E-state index is 0.266. The Hall–Kier alpha value is -0.450. The number of benzene rings is 1. The molecular weight excluding hydrogens is 211 g/mol. The number of nitrogens with one attached hydrogen (secondary N) is 1. The lowest BCUT2D eigenvalue weighted by atomic mass is 10.2. The molecule has 0 unspecified atom stereocenters. The first-order valence-corrected chi connectivity index (χ1v) is 3.90. The molecule has 0 aliphatic rings. The van der Waals surface area contributed by atoms with Gasteiger partial charge < -0.3 is 0 Å². The van der Waals surface area contributed by atoms with Gasteiger partial charge in [0, 0.05) is 6.54 Å². The van der Waals surface area contributed by atoms with E-state index >= 15 is 0 Å². The maximum Gasteiger partial charge on any atom is 0.137 e. The van der Waals surface area contributed by atoms with Gasteiger partial charge in [-0.3, -0.25) is 11.3 Å². The zero-order valence-corrected chi connectivity index (χ0v) is 7.36. The van der Waals surface area contributed by atoms with Crippen LogP contribution in [0.1, 0.15) is 5.56 Å². The Bertz CT molecular complexity index is 252. The van der Waals surface area contributed by atoms with E-state index in [-0.39, 0.29) is 5.82 Å².